The van der Waals surface area contributed by atoms with E-state index in [0.717, 1.165) is 12.3 Å². The van der Waals surface area contributed by atoms with Crippen LogP contribution in [0.2, 0.25) is 0 Å². The minimum Gasteiger partial charge on any atom is -0.309 e. The van der Waals surface area contributed by atoms with Crippen LogP contribution in [0.3, 0.4) is 0 Å². The third kappa shape index (κ3) is 18.4. The van der Waals surface area contributed by atoms with E-state index in [1.54, 1.807) is 0 Å². The first-order valence-corrected chi connectivity index (χ1v) is 16.1. The number of rotatable bonds is 23. The topological polar surface area (TPSA) is 3.24 Å². The van der Waals surface area contributed by atoms with Crippen molar-refractivity contribution in [3.63, 3.8) is 0 Å². The summed E-state index contributed by atoms with van der Waals surface area (Å²) in [5.41, 5.74) is 0.706. The molecule has 0 saturated heterocycles. The van der Waals surface area contributed by atoms with Gasteiger partial charge in [0.05, 0.1) is 0 Å². The fourth-order valence-electron chi connectivity index (χ4n) is 6.06. The van der Waals surface area contributed by atoms with Gasteiger partial charge in [0.1, 0.15) is 0 Å². The van der Waals surface area contributed by atoms with Gasteiger partial charge in [-0.15, -0.1) is 0 Å². The molecule has 1 saturated carbocycles. The molecule has 1 heteroatoms. The van der Waals surface area contributed by atoms with E-state index in [-0.39, 0.29) is 0 Å². The van der Waals surface area contributed by atoms with E-state index in [0.29, 0.717) is 5.41 Å². The minimum atomic E-state index is 0.706. The summed E-state index contributed by atoms with van der Waals surface area (Å²) in [6, 6.07) is 0. The maximum atomic E-state index is 2.41. The highest BCUT2D eigenvalue weighted by Crippen LogP contribution is 2.47. The van der Waals surface area contributed by atoms with Crippen molar-refractivity contribution < 1.29 is 0 Å². The van der Waals surface area contributed by atoms with Gasteiger partial charge >= 0.3 is 0 Å². The highest BCUT2D eigenvalue weighted by molar-refractivity contribution is 4.92. The zero-order valence-electron chi connectivity index (χ0n) is 24.8. The fraction of sp³-hybridized carbons (Fsp3) is 0.882. The second-order valence-corrected chi connectivity index (χ2v) is 12.2. The molecule has 0 aromatic carbocycles. The predicted octanol–water partition coefficient (Wildman–Crippen LogP) is 11.3. The summed E-state index contributed by atoms with van der Waals surface area (Å²) in [7, 11) is 4.46. The van der Waals surface area contributed by atoms with Gasteiger partial charge in [-0.25, -0.2) is 0 Å². The fourth-order valence-corrected chi connectivity index (χ4v) is 6.06. The molecular weight excluding hydrogens is 422 g/mol. The molecule has 0 N–H and O–H groups in total. The molecule has 0 radical (unpaired) electrons. The van der Waals surface area contributed by atoms with E-state index >= 15 is 0 Å². The lowest BCUT2D eigenvalue weighted by atomic mass is 9.65. The Bertz CT molecular complexity index is 495. The molecule has 0 bridgehead atoms. The van der Waals surface area contributed by atoms with E-state index in [1.807, 2.05) is 0 Å². The molecule has 0 unspecified atom stereocenters. The SMILES string of the molecule is CCCCC/C=C\CC=CCCCCCCCCC1(CCCCCC)CCC(CCN(C)C)CC1. The van der Waals surface area contributed by atoms with Crippen LogP contribution in [0.15, 0.2) is 24.3 Å². The van der Waals surface area contributed by atoms with Crippen LogP contribution in [0.4, 0.5) is 0 Å². The Hall–Kier alpha value is -0.560. The van der Waals surface area contributed by atoms with Gasteiger partial charge < -0.3 is 4.90 Å². The summed E-state index contributed by atoms with van der Waals surface area (Å²) in [5.74, 6) is 0.997. The van der Waals surface area contributed by atoms with Gasteiger partial charge in [-0.3, -0.25) is 0 Å². The molecular formula is C34H65N. The molecule has 1 aliphatic carbocycles. The van der Waals surface area contributed by atoms with Gasteiger partial charge in [0.25, 0.3) is 0 Å². The van der Waals surface area contributed by atoms with E-state index in [1.165, 1.54) is 148 Å². The molecule has 0 atom stereocenters. The molecule has 1 aliphatic rings. The Morgan fingerprint density at radius 2 is 1.11 bits per heavy atom. The van der Waals surface area contributed by atoms with Crippen molar-refractivity contribution in [3.05, 3.63) is 24.3 Å². The lowest BCUT2D eigenvalue weighted by Crippen LogP contribution is -2.29. The number of hydrogen-bond donors (Lipinski definition) is 0. The van der Waals surface area contributed by atoms with Crippen LogP contribution in [-0.2, 0) is 0 Å². The van der Waals surface area contributed by atoms with Crippen molar-refractivity contribution >= 4 is 0 Å². The summed E-state index contributed by atoms with van der Waals surface area (Å²) in [6.07, 6.45) is 42.2. The van der Waals surface area contributed by atoms with Crippen molar-refractivity contribution in [2.75, 3.05) is 20.6 Å². The maximum Gasteiger partial charge on any atom is -0.00222 e. The van der Waals surface area contributed by atoms with E-state index in [9.17, 15) is 0 Å². The number of hydrogen-bond acceptors (Lipinski definition) is 1. The quantitative estimate of drug-likeness (QED) is 0.102. The Morgan fingerprint density at radius 1 is 0.629 bits per heavy atom. The Balaban J connectivity index is 2.13. The van der Waals surface area contributed by atoms with E-state index in [2.05, 4.69) is 57.1 Å². The monoisotopic (exact) mass is 488 g/mol. The number of unbranched alkanes of at least 4 members (excludes halogenated alkanes) is 12. The zero-order valence-corrected chi connectivity index (χ0v) is 24.8. The summed E-state index contributed by atoms with van der Waals surface area (Å²) < 4.78 is 0. The van der Waals surface area contributed by atoms with E-state index < -0.39 is 0 Å². The van der Waals surface area contributed by atoms with Gasteiger partial charge in [0, 0.05) is 0 Å². The zero-order chi connectivity index (χ0) is 25.5. The third-order valence-electron chi connectivity index (χ3n) is 8.62. The molecule has 0 aromatic heterocycles. The smallest absolute Gasteiger partial charge is 0.00222 e. The van der Waals surface area contributed by atoms with Crippen LogP contribution in [0.1, 0.15) is 162 Å². The van der Waals surface area contributed by atoms with Crippen LogP contribution in [-0.4, -0.2) is 25.5 Å². The number of allylic oxidation sites excluding steroid dienone is 4. The summed E-state index contributed by atoms with van der Waals surface area (Å²) in [6.45, 7) is 5.90. The van der Waals surface area contributed by atoms with Crippen molar-refractivity contribution in [2.24, 2.45) is 11.3 Å². The van der Waals surface area contributed by atoms with Crippen LogP contribution in [0, 0.1) is 11.3 Å². The summed E-state index contributed by atoms with van der Waals surface area (Å²) in [5, 5.41) is 0. The maximum absolute atomic E-state index is 2.41. The average molecular weight is 488 g/mol. The molecule has 0 aromatic rings. The molecule has 0 amide bonds. The highest BCUT2D eigenvalue weighted by Gasteiger charge is 2.34. The van der Waals surface area contributed by atoms with Crippen molar-refractivity contribution in [1.82, 2.24) is 4.90 Å². The van der Waals surface area contributed by atoms with Crippen molar-refractivity contribution in [1.29, 1.82) is 0 Å². The summed E-state index contributed by atoms with van der Waals surface area (Å²) in [4.78, 5) is 2.37. The largest absolute Gasteiger partial charge is 0.309 e. The van der Waals surface area contributed by atoms with Crippen molar-refractivity contribution in [2.45, 2.75) is 162 Å². The van der Waals surface area contributed by atoms with Crippen LogP contribution < -0.4 is 0 Å². The molecule has 1 fully saturated rings. The lowest BCUT2D eigenvalue weighted by Gasteiger charge is -2.41. The first kappa shape index (κ1) is 32.5. The minimum absolute atomic E-state index is 0.706. The molecule has 0 heterocycles. The first-order valence-electron chi connectivity index (χ1n) is 16.1. The van der Waals surface area contributed by atoms with Crippen molar-refractivity contribution in [3.8, 4) is 0 Å². The van der Waals surface area contributed by atoms with Gasteiger partial charge in [0.15, 0.2) is 0 Å². The second kappa shape index (κ2) is 22.6. The van der Waals surface area contributed by atoms with Gasteiger partial charge in [-0.05, 0) is 109 Å². The molecule has 0 aliphatic heterocycles. The van der Waals surface area contributed by atoms with Crippen LogP contribution in [0.25, 0.3) is 0 Å². The first-order chi connectivity index (χ1) is 17.1. The standard InChI is InChI=1S/C34H65N/c1-5-7-9-11-12-13-14-15-16-17-18-19-20-21-22-24-29-34(28-23-10-8-6-2)30-25-33(26-31-34)27-32-35(3)4/h12-13,15-16,33H,5-11,14,17-32H2,1-4H3/b13-12-,16-15?. The van der Waals surface area contributed by atoms with Gasteiger partial charge in [-0.2, -0.15) is 0 Å². The highest BCUT2D eigenvalue weighted by atomic mass is 15.0. The third-order valence-corrected chi connectivity index (χ3v) is 8.62. The Kier molecular flexibility index (Phi) is 21.0. The second-order valence-electron chi connectivity index (χ2n) is 12.2. The molecule has 35 heavy (non-hydrogen) atoms. The normalized spacial score (nSPS) is 21.1. The molecule has 1 nitrogen and oxygen atoms in total. The van der Waals surface area contributed by atoms with Gasteiger partial charge in [-0.1, -0.05) is 109 Å². The Labute approximate surface area is 222 Å². The molecule has 0 spiro atoms. The lowest BCUT2D eigenvalue weighted by molar-refractivity contribution is 0.109. The van der Waals surface area contributed by atoms with Gasteiger partial charge in [0.2, 0.25) is 0 Å². The predicted molar refractivity (Wildman–Crippen MR) is 160 cm³/mol. The van der Waals surface area contributed by atoms with Crippen LogP contribution in [0.5, 0.6) is 0 Å². The number of nitrogens with zero attached hydrogens (tertiary/aromatic N) is 1. The van der Waals surface area contributed by atoms with E-state index in [4.69, 9.17) is 0 Å². The molecule has 1 rings (SSSR count). The molecule has 206 valence electrons. The summed E-state index contributed by atoms with van der Waals surface area (Å²) >= 11 is 0. The average Bonchev–Trinajstić information content (AvgIpc) is 2.86. The Morgan fingerprint density at radius 3 is 1.69 bits per heavy atom. The van der Waals surface area contributed by atoms with Crippen LogP contribution >= 0.6 is 0 Å².